The van der Waals surface area contributed by atoms with E-state index in [9.17, 15) is 13.5 Å². The van der Waals surface area contributed by atoms with Crippen molar-refractivity contribution in [2.24, 2.45) is 0 Å². The SMILES string of the molecule is O=S(=O)(NCC1(O)CCCCC1)c1c[nH]c2ncccc12. The standard InChI is InChI=1S/C14H19N3O3S/c18-14(6-2-1-3-7-14)10-17-21(19,20)12-9-16-13-11(12)5-4-8-15-13/h4-5,8-9,17-18H,1-3,6-7,10H2,(H,15,16). The average Bonchev–Trinajstić information content (AvgIpc) is 2.91. The second-order valence-corrected chi connectivity index (χ2v) is 7.40. The van der Waals surface area contributed by atoms with Crippen molar-refractivity contribution in [3.8, 4) is 0 Å². The summed E-state index contributed by atoms with van der Waals surface area (Å²) in [6, 6.07) is 3.41. The maximum Gasteiger partial charge on any atom is 0.242 e. The first-order valence-corrected chi connectivity index (χ1v) is 8.63. The van der Waals surface area contributed by atoms with Crippen molar-refractivity contribution >= 4 is 21.1 Å². The van der Waals surface area contributed by atoms with Crippen molar-refractivity contribution in [3.63, 3.8) is 0 Å². The van der Waals surface area contributed by atoms with Gasteiger partial charge >= 0.3 is 0 Å². The summed E-state index contributed by atoms with van der Waals surface area (Å²) in [7, 11) is -3.66. The summed E-state index contributed by atoms with van der Waals surface area (Å²) >= 11 is 0. The minimum Gasteiger partial charge on any atom is -0.389 e. The second-order valence-electron chi connectivity index (χ2n) is 5.66. The second kappa shape index (κ2) is 5.40. The van der Waals surface area contributed by atoms with E-state index >= 15 is 0 Å². The van der Waals surface area contributed by atoms with Gasteiger partial charge in [-0.05, 0) is 25.0 Å². The number of H-pyrrole nitrogens is 1. The van der Waals surface area contributed by atoms with Crippen LogP contribution in [0.2, 0.25) is 0 Å². The van der Waals surface area contributed by atoms with Crippen LogP contribution in [-0.2, 0) is 10.0 Å². The Hall–Kier alpha value is -1.44. The number of nitrogens with zero attached hydrogens (tertiary/aromatic N) is 1. The highest BCUT2D eigenvalue weighted by Crippen LogP contribution is 2.28. The predicted molar refractivity (Wildman–Crippen MR) is 79.3 cm³/mol. The van der Waals surface area contributed by atoms with Crippen molar-refractivity contribution in [3.05, 3.63) is 24.5 Å². The Labute approximate surface area is 123 Å². The van der Waals surface area contributed by atoms with E-state index < -0.39 is 15.6 Å². The molecule has 0 radical (unpaired) electrons. The molecule has 0 aromatic carbocycles. The zero-order valence-electron chi connectivity index (χ0n) is 11.7. The molecule has 1 saturated carbocycles. The van der Waals surface area contributed by atoms with E-state index in [1.165, 1.54) is 6.20 Å². The molecule has 2 aromatic heterocycles. The van der Waals surface area contributed by atoms with Crippen LogP contribution in [0.5, 0.6) is 0 Å². The molecular formula is C14H19N3O3S. The molecule has 114 valence electrons. The van der Waals surface area contributed by atoms with Crippen LogP contribution in [0.25, 0.3) is 11.0 Å². The first-order valence-electron chi connectivity index (χ1n) is 7.14. The maximum atomic E-state index is 12.4. The van der Waals surface area contributed by atoms with Gasteiger partial charge in [0.1, 0.15) is 10.5 Å². The minimum atomic E-state index is -3.66. The van der Waals surface area contributed by atoms with E-state index in [0.29, 0.717) is 23.9 Å². The molecule has 3 N–H and O–H groups in total. The Morgan fingerprint density at radius 2 is 2.10 bits per heavy atom. The van der Waals surface area contributed by atoms with E-state index in [-0.39, 0.29) is 11.4 Å². The molecule has 2 heterocycles. The van der Waals surface area contributed by atoms with Crippen LogP contribution < -0.4 is 4.72 Å². The molecule has 0 unspecified atom stereocenters. The third-order valence-corrected chi connectivity index (χ3v) is 5.52. The first kappa shape index (κ1) is 14.5. The third-order valence-electron chi connectivity index (χ3n) is 4.08. The molecule has 3 rings (SSSR count). The lowest BCUT2D eigenvalue weighted by molar-refractivity contribution is 0.00946. The summed E-state index contributed by atoms with van der Waals surface area (Å²) < 4.78 is 27.4. The number of fused-ring (bicyclic) bond motifs is 1. The molecule has 1 aliphatic carbocycles. The molecule has 2 aromatic rings. The number of sulfonamides is 1. The molecule has 0 bridgehead atoms. The maximum absolute atomic E-state index is 12.4. The van der Waals surface area contributed by atoms with Gasteiger partial charge in [-0.25, -0.2) is 18.1 Å². The highest BCUT2D eigenvalue weighted by molar-refractivity contribution is 7.89. The number of rotatable bonds is 4. The van der Waals surface area contributed by atoms with Crippen LogP contribution in [0.4, 0.5) is 0 Å². The van der Waals surface area contributed by atoms with E-state index in [4.69, 9.17) is 0 Å². The number of aliphatic hydroxyl groups is 1. The fourth-order valence-corrected chi connectivity index (χ4v) is 4.13. The van der Waals surface area contributed by atoms with Gasteiger partial charge in [-0.3, -0.25) is 0 Å². The summed E-state index contributed by atoms with van der Waals surface area (Å²) in [5.74, 6) is 0. The normalized spacial score (nSPS) is 18.9. The Morgan fingerprint density at radius 3 is 2.86 bits per heavy atom. The van der Waals surface area contributed by atoms with Crippen LogP contribution in [0.1, 0.15) is 32.1 Å². The lowest BCUT2D eigenvalue weighted by atomic mass is 9.85. The summed E-state index contributed by atoms with van der Waals surface area (Å²) in [5, 5.41) is 11.0. The molecule has 0 saturated heterocycles. The summed E-state index contributed by atoms with van der Waals surface area (Å²) in [5.41, 5.74) is -0.385. The Kier molecular flexibility index (Phi) is 3.73. The van der Waals surface area contributed by atoms with E-state index in [1.54, 1.807) is 18.3 Å². The quantitative estimate of drug-likeness (QED) is 0.798. The molecule has 1 fully saturated rings. The molecule has 7 heteroatoms. The average molecular weight is 309 g/mol. The van der Waals surface area contributed by atoms with Gasteiger partial charge in [-0.15, -0.1) is 0 Å². The predicted octanol–water partition coefficient (Wildman–Crippen LogP) is 1.54. The smallest absolute Gasteiger partial charge is 0.242 e. The van der Waals surface area contributed by atoms with Gasteiger partial charge < -0.3 is 10.1 Å². The van der Waals surface area contributed by atoms with E-state index in [1.807, 2.05) is 0 Å². The zero-order chi connectivity index (χ0) is 14.9. The van der Waals surface area contributed by atoms with E-state index in [2.05, 4.69) is 14.7 Å². The number of aromatic amines is 1. The molecule has 21 heavy (non-hydrogen) atoms. The van der Waals surface area contributed by atoms with Crippen molar-refractivity contribution in [2.75, 3.05) is 6.54 Å². The minimum absolute atomic E-state index is 0.0578. The van der Waals surface area contributed by atoms with Crippen LogP contribution in [0.3, 0.4) is 0 Å². The highest BCUT2D eigenvalue weighted by Gasteiger charge is 2.31. The molecule has 6 nitrogen and oxygen atoms in total. The fraction of sp³-hybridized carbons (Fsp3) is 0.500. The largest absolute Gasteiger partial charge is 0.389 e. The van der Waals surface area contributed by atoms with E-state index in [0.717, 1.165) is 19.3 Å². The number of nitrogens with one attached hydrogen (secondary N) is 2. The number of hydrogen-bond donors (Lipinski definition) is 3. The molecule has 0 amide bonds. The van der Waals surface area contributed by atoms with Crippen molar-refractivity contribution < 1.29 is 13.5 Å². The summed E-state index contributed by atoms with van der Waals surface area (Å²) in [4.78, 5) is 7.10. The van der Waals surface area contributed by atoms with Crippen molar-refractivity contribution in [2.45, 2.75) is 42.6 Å². The lowest BCUT2D eigenvalue weighted by Crippen LogP contribution is -2.44. The number of aromatic nitrogens is 2. The summed E-state index contributed by atoms with van der Waals surface area (Å²) in [6.07, 6.45) is 7.31. The Bertz CT molecular complexity index is 733. The van der Waals surface area contributed by atoms with Crippen LogP contribution in [0.15, 0.2) is 29.4 Å². The molecular weight excluding hydrogens is 290 g/mol. The third kappa shape index (κ3) is 2.95. The number of pyridine rings is 1. The molecule has 0 spiro atoms. The topological polar surface area (TPSA) is 95.1 Å². The van der Waals surface area contributed by atoms with Gasteiger partial charge in [0.15, 0.2) is 0 Å². The van der Waals surface area contributed by atoms with Crippen LogP contribution in [0, 0.1) is 0 Å². The van der Waals surface area contributed by atoms with Crippen LogP contribution in [-0.4, -0.2) is 35.6 Å². The first-order chi connectivity index (χ1) is 10.0. The van der Waals surface area contributed by atoms with Gasteiger partial charge in [0.05, 0.1) is 5.60 Å². The van der Waals surface area contributed by atoms with Crippen LogP contribution >= 0.6 is 0 Å². The van der Waals surface area contributed by atoms with Gasteiger partial charge in [0.25, 0.3) is 0 Å². The van der Waals surface area contributed by atoms with Crippen molar-refractivity contribution in [1.82, 2.24) is 14.7 Å². The Balaban J connectivity index is 1.81. The lowest BCUT2D eigenvalue weighted by Gasteiger charge is -2.31. The number of hydrogen-bond acceptors (Lipinski definition) is 4. The van der Waals surface area contributed by atoms with Gasteiger partial charge in [0, 0.05) is 24.3 Å². The Morgan fingerprint density at radius 1 is 1.33 bits per heavy atom. The highest BCUT2D eigenvalue weighted by atomic mass is 32.2. The van der Waals surface area contributed by atoms with Gasteiger partial charge in [-0.2, -0.15) is 0 Å². The summed E-state index contributed by atoms with van der Waals surface area (Å²) in [6.45, 7) is 0.0578. The van der Waals surface area contributed by atoms with Gasteiger partial charge in [0.2, 0.25) is 10.0 Å². The molecule has 0 aliphatic heterocycles. The van der Waals surface area contributed by atoms with Crippen molar-refractivity contribution in [1.29, 1.82) is 0 Å². The zero-order valence-corrected chi connectivity index (χ0v) is 12.5. The molecule has 0 atom stereocenters. The molecule has 1 aliphatic rings. The monoisotopic (exact) mass is 309 g/mol. The van der Waals surface area contributed by atoms with Gasteiger partial charge in [-0.1, -0.05) is 19.3 Å². The fourth-order valence-electron chi connectivity index (χ4n) is 2.85.